The number of sulfonamides is 1. The summed E-state index contributed by atoms with van der Waals surface area (Å²) in [6, 6.07) is 8.12. The topological polar surface area (TPSA) is 97.1 Å². The second-order valence-corrected chi connectivity index (χ2v) is 6.63. The number of rotatable bonds is 4. The lowest BCUT2D eigenvalue weighted by Crippen LogP contribution is -2.14. The Morgan fingerprint density at radius 1 is 1.25 bits per heavy atom. The molecule has 0 amide bonds. The van der Waals surface area contributed by atoms with Gasteiger partial charge < -0.3 is 5.43 Å². The number of nitrogens with one attached hydrogen (secondary N) is 2. The maximum absolute atomic E-state index is 12.2. The van der Waals surface area contributed by atoms with Crippen molar-refractivity contribution in [3.8, 4) is 0 Å². The van der Waals surface area contributed by atoms with E-state index in [1.807, 2.05) is 6.92 Å². The number of nitrogens with zero attached hydrogens (tertiary/aromatic N) is 1. The molecule has 2 aromatic rings. The predicted molar refractivity (Wildman–Crippen MR) is 81.7 cm³/mol. The molecule has 0 bridgehead atoms. The fourth-order valence-corrected chi connectivity index (χ4v) is 2.79. The number of anilines is 2. The van der Waals surface area contributed by atoms with Gasteiger partial charge in [0.15, 0.2) is 0 Å². The van der Waals surface area contributed by atoms with E-state index >= 15 is 0 Å². The minimum atomic E-state index is -3.66. The number of aromatic nitrogens is 1. The second-order valence-electron chi connectivity index (χ2n) is 4.09. The molecule has 0 saturated heterocycles. The number of hydrogen-bond acceptors (Lipinski definition) is 5. The minimum Gasteiger partial charge on any atom is -0.308 e. The molecule has 0 aliphatic carbocycles. The van der Waals surface area contributed by atoms with Crippen LogP contribution in [0.4, 0.5) is 11.5 Å². The van der Waals surface area contributed by atoms with Crippen LogP contribution in [0.1, 0.15) is 5.56 Å². The van der Waals surface area contributed by atoms with Gasteiger partial charge in [-0.25, -0.2) is 19.2 Å². The number of nitrogen functional groups attached to an aromatic ring is 1. The first-order valence-electron chi connectivity index (χ1n) is 5.64. The molecule has 20 heavy (non-hydrogen) atoms. The van der Waals surface area contributed by atoms with E-state index < -0.39 is 10.0 Å². The summed E-state index contributed by atoms with van der Waals surface area (Å²) in [6.07, 6.45) is 1.24. The van der Waals surface area contributed by atoms with Crippen LogP contribution in [0, 0.1) is 6.92 Å². The molecular formula is C12H13BrN4O2S. The van der Waals surface area contributed by atoms with E-state index in [1.165, 1.54) is 18.3 Å². The Labute approximate surface area is 125 Å². The quantitative estimate of drug-likeness (QED) is 0.576. The van der Waals surface area contributed by atoms with Crippen molar-refractivity contribution in [2.24, 2.45) is 5.84 Å². The molecule has 0 aliphatic rings. The maximum atomic E-state index is 12.2. The van der Waals surface area contributed by atoms with Crippen molar-refractivity contribution < 1.29 is 8.42 Å². The van der Waals surface area contributed by atoms with Crippen molar-refractivity contribution >= 4 is 37.5 Å². The lowest BCUT2D eigenvalue weighted by Gasteiger charge is -2.09. The summed E-state index contributed by atoms with van der Waals surface area (Å²) >= 11 is 3.36. The van der Waals surface area contributed by atoms with Crippen molar-refractivity contribution in [1.29, 1.82) is 0 Å². The molecule has 0 atom stereocenters. The number of benzene rings is 1. The molecule has 4 N–H and O–H groups in total. The highest BCUT2D eigenvalue weighted by molar-refractivity contribution is 9.10. The van der Waals surface area contributed by atoms with Crippen LogP contribution in [0.15, 0.2) is 45.9 Å². The summed E-state index contributed by atoms with van der Waals surface area (Å²) in [5.74, 6) is 5.57. The molecule has 0 unspecified atom stereocenters. The Bertz CT molecular complexity index is 717. The van der Waals surface area contributed by atoms with E-state index in [0.717, 1.165) is 10.0 Å². The molecule has 1 aromatic carbocycles. The van der Waals surface area contributed by atoms with E-state index in [9.17, 15) is 8.42 Å². The Morgan fingerprint density at radius 2 is 2.00 bits per heavy atom. The van der Waals surface area contributed by atoms with Gasteiger partial charge in [0, 0.05) is 16.4 Å². The first-order valence-corrected chi connectivity index (χ1v) is 7.91. The molecule has 0 fully saturated rings. The van der Waals surface area contributed by atoms with E-state index in [0.29, 0.717) is 11.5 Å². The summed E-state index contributed by atoms with van der Waals surface area (Å²) in [4.78, 5) is 3.94. The molecule has 6 nitrogen and oxygen atoms in total. The highest BCUT2D eigenvalue weighted by Gasteiger charge is 2.15. The Kier molecular flexibility index (Phi) is 4.26. The third-order valence-corrected chi connectivity index (χ3v) is 4.86. The first-order chi connectivity index (χ1) is 9.42. The zero-order valence-corrected chi connectivity index (χ0v) is 13.0. The highest BCUT2D eigenvalue weighted by Crippen LogP contribution is 2.22. The largest absolute Gasteiger partial charge is 0.308 e. The van der Waals surface area contributed by atoms with Gasteiger partial charge in [0.1, 0.15) is 10.7 Å². The summed E-state index contributed by atoms with van der Waals surface area (Å²) in [6.45, 7) is 1.88. The summed E-state index contributed by atoms with van der Waals surface area (Å²) in [5.41, 5.74) is 3.77. The molecule has 106 valence electrons. The van der Waals surface area contributed by atoms with Gasteiger partial charge in [-0.05, 0) is 42.8 Å². The van der Waals surface area contributed by atoms with Crippen molar-refractivity contribution in [3.05, 3.63) is 46.6 Å². The van der Waals surface area contributed by atoms with Crippen LogP contribution in [0.25, 0.3) is 0 Å². The van der Waals surface area contributed by atoms with Crippen molar-refractivity contribution in [3.63, 3.8) is 0 Å². The van der Waals surface area contributed by atoms with Gasteiger partial charge in [0.25, 0.3) is 10.0 Å². The first kappa shape index (κ1) is 14.8. The second kappa shape index (κ2) is 5.78. The molecule has 8 heteroatoms. The third-order valence-electron chi connectivity index (χ3n) is 2.60. The van der Waals surface area contributed by atoms with Crippen molar-refractivity contribution in [2.75, 3.05) is 10.1 Å². The van der Waals surface area contributed by atoms with E-state index in [-0.39, 0.29) is 4.90 Å². The van der Waals surface area contributed by atoms with Gasteiger partial charge in [-0.15, -0.1) is 0 Å². The molecule has 2 rings (SSSR count). The van der Waals surface area contributed by atoms with Gasteiger partial charge in [0.05, 0.1) is 0 Å². The SMILES string of the molecule is Cc1cc(NS(=O)(=O)c2ccc(NN)nc2)ccc1Br. The van der Waals surface area contributed by atoms with Gasteiger partial charge in [-0.2, -0.15) is 0 Å². The number of halogens is 1. The summed E-state index contributed by atoms with van der Waals surface area (Å²) < 4.78 is 27.8. The van der Waals surface area contributed by atoms with E-state index in [2.05, 4.69) is 31.1 Å². The number of hydrogen-bond donors (Lipinski definition) is 3. The van der Waals surface area contributed by atoms with E-state index in [1.54, 1.807) is 18.2 Å². The third kappa shape index (κ3) is 3.27. The highest BCUT2D eigenvalue weighted by atomic mass is 79.9. The van der Waals surface area contributed by atoms with Gasteiger partial charge in [-0.3, -0.25) is 4.72 Å². The lowest BCUT2D eigenvalue weighted by molar-refractivity contribution is 0.601. The van der Waals surface area contributed by atoms with Crippen LogP contribution in [-0.2, 0) is 10.0 Å². The molecule has 0 spiro atoms. The molecule has 1 heterocycles. The van der Waals surface area contributed by atoms with Crippen LogP contribution in [-0.4, -0.2) is 13.4 Å². The Morgan fingerprint density at radius 3 is 2.55 bits per heavy atom. The summed E-state index contributed by atoms with van der Waals surface area (Å²) in [7, 11) is -3.66. The zero-order valence-electron chi connectivity index (χ0n) is 10.6. The number of nitrogens with two attached hydrogens (primary N) is 1. The Balaban J connectivity index is 2.27. The number of aryl methyl sites for hydroxylation is 1. The van der Waals surface area contributed by atoms with Crippen LogP contribution in [0.5, 0.6) is 0 Å². The number of pyridine rings is 1. The molecular weight excluding hydrogens is 344 g/mol. The molecule has 0 aliphatic heterocycles. The van der Waals surface area contributed by atoms with Gasteiger partial charge in [0.2, 0.25) is 0 Å². The maximum Gasteiger partial charge on any atom is 0.263 e. The molecule has 1 aromatic heterocycles. The molecule has 0 radical (unpaired) electrons. The fourth-order valence-electron chi connectivity index (χ4n) is 1.55. The molecule has 0 saturated carbocycles. The Hall–Kier alpha value is -1.64. The van der Waals surface area contributed by atoms with Crippen LogP contribution < -0.4 is 16.0 Å². The van der Waals surface area contributed by atoms with Crippen molar-refractivity contribution in [2.45, 2.75) is 11.8 Å². The normalized spacial score (nSPS) is 11.2. The predicted octanol–water partition coefficient (Wildman–Crippen LogP) is 2.24. The average molecular weight is 357 g/mol. The van der Waals surface area contributed by atoms with Crippen LogP contribution >= 0.6 is 15.9 Å². The minimum absolute atomic E-state index is 0.0667. The lowest BCUT2D eigenvalue weighted by atomic mass is 10.2. The smallest absolute Gasteiger partial charge is 0.263 e. The van der Waals surface area contributed by atoms with Crippen LogP contribution in [0.2, 0.25) is 0 Å². The monoisotopic (exact) mass is 356 g/mol. The average Bonchev–Trinajstić information content (AvgIpc) is 2.43. The van der Waals surface area contributed by atoms with Gasteiger partial charge in [-0.1, -0.05) is 15.9 Å². The van der Waals surface area contributed by atoms with E-state index in [4.69, 9.17) is 5.84 Å². The fraction of sp³-hybridized carbons (Fsp3) is 0.0833. The zero-order chi connectivity index (χ0) is 14.8. The number of hydrazine groups is 1. The van der Waals surface area contributed by atoms with Gasteiger partial charge >= 0.3 is 0 Å². The summed E-state index contributed by atoms with van der Waals surface area (Å²) in [5, 5.41) is 0. The standard InChI is InChI=1S/C12H13BrN4O2S/c1-8-6-9(2-4-11(8)13)17-20(18,19)10-3-5-12(16-14)15-7-10/h2-7,17H,14H2,1H3,(H,15,16). The van der Waals surface area contributed by atoms with Crippen LogP contribution in [0.3, 0.4) is 0 Å². The van der Waals surface area contributed by atoms with Crippen molar-refractivity contribution in [1.82, 2.24) is 4.98 Å².